The van der Waals surface area contributed by atoms with Gasteiger partial charge in [-0.3, -0.25) is 14.6 Å². The van der Waals surface area contributed by atoms with E-state index in [9.17, 15) is 4.79 Å². The van der Waals surface area contributed by atoms with Crippen LogP contribution in [0.1, 0.15) is 49.7 Å². The maximum atomic E-state index is 12.8. The van der Waals surface area contributed by atoms with Gasteiger partial charge < -0.3 is 4.90 Å². The van der Waals surface area contributed by atoms with Gasteiger partial charge in [0.1, 0.15) is 0 Å². The topological polar surface area (TPSA) is 50.6 Å². The highest BCUT2D eigenvalue weighted by atomic mass is 16.2. The Balaban J connectivity index is 1.27. The highest BCUT2D eigenvalue weighted by molar-refractivity contribution is 5.79. The molecule has 0 N–H and O–H groups in total. The number of nitrogens with zero attached hydrogens (tertiary/aromatic N) is 4. The molecule has 1 amide bonds. The summed E-state index contributed by atoms with van der Waals surface area (Å²) in [5.74, 6) is 0.635. The van der Waals surface area contributed by atoms with Crippen molar-refractivity contribution in [2.75, 3.05) is 39.3 Å². The van der Waals surface area contributed by atoms with Crippen molar-refractivity contribution in [2.24, 2.45) is 5.92 Å². The molecule has 0 aromatic heterocycles. The van der Waals surface area contributed by atoms with Crippen molar-refractivity contribution in [3.8, 4) is 6.07 Å². The Kier molecular flexibility index (Phi) is 6.29. The summed E-state index contributed by atoms with van der Waals surface area (Å²) in [6, 6.07) is 10.8. The summed E-state index contributed by atoms with van der Waals surface area (Å²) in [7, 11) is 0. The van der Waals surface area contributed by atoms with E-state index >= 15 is 0 Å². The van der Waals surface area contributed by atoms with E-state index in [4.69, 9.17) is 5.26 Å². The summed E-state index contributed by atoms with van der Waals surface area (Å²) in [6.45, 7) is 7.19. The van der Waals surface area contributed by atoms with Crippen LogP contribution in [0.15, 0.2) is 24.3 Å². The Hall–Kier alpha value is -1.90. The van der Waals surface area contributed by atoms with E-state index in [2.05, 4.69) is 26.8 Å². The minimum Gasteiger partial charge on any atom is -0.342 e. The standard InChI is InChI=1S/C23H32N4O/c24-16-19-5-3-6-20(15-19)17-25-13-8-22(9-14-25)27-12-4-7-21(18-27)23(28)26-10-1-2-11-26/h3,5-6,15,21-22H,1-2,4,7-14,17-18H2/t21-/m0/s1. The van der Waals surface area contributed by atoms with E-state index in [0.717, 1.165) is 64.2 Å². The monoisotopic (exact) mass is 380 g/mol. The Bertz CT molecular complexity index is 714. The third-order valence-corrected chi connectivity index (χ3v) is 6.76. The van der Waals surface area contributed by atoms with Gasteiger partial charge in [-0.15, -0.1) is 0 Å². The van der Waals surface area contributed by atoms with Crippen LogP contribution in [0.5, 0.6) is 0 Å². The van der Waals surface area contributed by atoms with Gasteiger partial charge >= 0.3 is 0 Å². The maximum Gasteiger partial charge on any atom is 0.226 e. The smallest absolute Gasteiger partial charge is 0.226 e. The number of likely N-dealkylation sites (tertiary alicyclic amines) is 3. The number of rotatable bonds is 4. The molecule has 1 atom stereocenters. The van der Waals surface area contributed by atoms with Crippen molar-refractivity contribution >= 4 is 5.91 Å². The number of carbonyl (C=O) groups excluding carboxylic acids is 1. The molecule has 4 rings (SSSR count). The quantitative estimate of drug-likeness (QED) is 0.806. The lowest BCUT2D eigenvalue weighted by molar-refractivity contribution is -0.136. The lowest BCUT2D eigenvalue weighted by atomic mass is 9.93. The van der Waals surface area contributed by atoms with Crippen LogP contribution in [-0.4, -0.2) is 65.9 Å². The first kappa shape index (κ1) is 19.4. The first-order chi connectivity index (χ1) is 13.7. The zero-order valence-corrected chi connectivity index (χ0v) is 16.9. The Morgan fingerprint density at radius 1 is 1.04 bits per heavy atom. The average Bonchev–Trinajstić information content (AvgIpc) is 3.29. The SMILES string of the molecule is N#Cc1cccc(CN2CCC(N3CCC[C@H](C(=O)N4CCCC4)C3)CC2)c1. The third-order valence-electron chi connectivity index (χ3n) is 6.76. The Morgan fingerprint density at radius 2 is 1.82 bits per heavy atom. The molecule has 0 saturated carbocycles. The van der Waals surface area contributed by atoms with Gasteiger partial charge in [0.15, 0.2) is 0 Å². The van der Waals surface area contributed by atoms with Crippen LogP contribution in [0.25, 0.3) is 0 Å². The zero-order valence-electron chi connectivity index (χ0n) is 16.9. The largest absolute Gasteiger partial charge is 0.342 e. The van der Waals surface area contributed by atoms with E-state index in [0.29, 0.717) is 11.9 Å². The second kappa shape index (κ2) is 9.07. The summed E-state index contributed by atoms with van der Waals surface area (Å²) < 4.78 is 0. The van der Waals surface area contributed by atoms with E-state index in [-0.39, 0.29) is 5.92 Å². The minimum atomic E-state index is 0.221. The summed E-state index contributed by atoms with van der Waals surface area (Å²) in [5, 5.41) is 9.08. The first-order valence-electron chi connectivity index (χ1n) is 11.0. The molecule has 3 saturated heterocycles. The normalized spacial score (nSPS) is 25.0. The van der Waals surface area contributed by atoms with Crippen LogP contribution in [0.3, 0.4) is 0 Å². The van der Waals surface area contributed by atoms with Gasteiger partial charge in [0.2, 0.25) is 5.91 Å². The maximum absolute atomic E-state index is 12.8. The van der Waals surface area contributed by atoms with Crippen LogP contribution < -0.4 is 0 Å². The number of piperidine rings is 2. The number of benzene rings is 1. The molecule has 1 aromatic carbocycles. The molecule has 0 aliphatic carbocycles. The molecule has 5 nitrogen and oxygen atoms in total. The van der Waals surface area contributed by atoms with Gasteiger partial charge in [0.25, 0.3) is 0 Å². The number of hydrogen-bond donors (Lipinski definition) is 0. The van der Waals surface area contributed by atoms with Crippen LogP contribution in [-0.2, 0) is 11.3 Å². The van der Waals surface area contributed by atoms with Gasteiger partial charge in [-0.2, -0.15) is 5.26 Å². The molecule has 150 valence electrons. The molecular weight excluding hydrogens is 348 g/mol. The molecule has 3 aliphatic rings. The Labute approximate surface area is 168 Å². The summed E-state index contributed by atoms with van der Waals surface area (Å²) in [6.07, 6.45) is 6.95. The van der Waals surface area contributed by atoms with Crippen molar-refractivity contribution in [2.45, 2.75) is 51.1 Å². The molecule has 5 heteroatoms. The first-order valence-corrected chi connectivity index (χ1v) is 11.0. The molecule has 3 heterocycles. The molecule has 3 aliphatic heterocycles. The molecule has 28 heavy (non-hydrogen) atoms. The van der Waals surface area contributed by atoms with Crippen LogP contribution in [0.2, 0.25) is 0 Å². The van der Waals surface area contributed by atoms with Crippen LogP contribution in [0, 0.1) is 17.2 Å². The highest BCUT2D eigenvalue weighted by Crippen LogP contribution is 2.26. The Morgan fingerprint density at radius 3 is 2.57 bits per heavy atom. The summed E-state index contributed by atoms with van der Waals surface area (Å²) in [5.41, 5.74) is 1.97. The summed E-state index contributed by atoms with van der Waals surface area (Å²) in [4.78, 5) is 20.0. The molecule has 1 aromatic rings. The highest BCUT2D eigenvalue weighted by Gasteiger charge is 2.34. The van der Waals surface area contributed by atoms with Crippen molar-refractivity contribution < 1.29 is 4.79 Å². The van der Waals surface area contributed by atoms with Crippen LogP contribution >= 0.6 is 0 Å². The molecule has 0 bridgehead atoms. The van der Waals surface area contributed by atoms with Crippen molar-refractivity contribution in [3.63, 3.8) is 0 Å². The lowest BCUT2D eigenvalue weighted by Crippen LogP contribution is -2.51. The number of nitriles is 1. The number of hydrogen-bond acceptors (Lipinski definition) is 4. The fourth-order valence-corrected chi connectivity index (χ4v) is 5.18. The predicted molar refractivity (Wildman–Crippen MR) is 110 cm³/mol. The molecule has 0 radical (unpaired) electrons. The molecule has 3 fully saturated rings. The second-order valence-corrected chi connectivity index (χ2v) is 8.69. The molecular formula is C23H32N4O. The van der Waals surface area contributed by atoms with Crippen LogP contribution in [0.4, 0.5) is 0 Å². The van der Waals surface area contributed by atoms with E-state index < -0.39 is 0 Å². The number of carbonyl (C=O) groups is 1. The van der Waals surface area contributed by atoms with Gasteiger partial charge in [0.05, 0.1) is 17.6 Å². The fraction of sp³-hybridized carbons (Fsp3) is 0.652. The fourth-order valence-electron chi connectivity index (χ4n) is 5.18. The third kappa shape index (κ3) is 4.56. The van der Waals surface area contributed by atoms with E-state index in [1.807, 2.05) is 18.2 Å². The van der Waals surface area contributed by atoms with Crippen molar-refractivity contribution in [1.82, 2.24) is 14.7 Å². The minimum absolute atomic E-state index is 0.221. The second-order valence-electron chi connectivity index (χ2n) is 8.69. The van der Waals surface area contributed by atoms with Gasteiger partial charge in [-0.1, -0.05) is 12.1 Å². The zero-order chi connectivity index (χ0) is 19.3. The van der Waals surface area contributed by atoms with Gasteiger partial charge in [-0.05, 0) is 75.9 Å². The van der Waals surface area contributed by atoms with Gasteiger partial charge in [0, 0.05) is 32.2 Å². The van der Waals surface area contributed by atoms with E-state index in [1.54, 1.807) is 0 Å². The number of amides is 1. The van der Waals surface area contributed by atoms with E-state index in [1.165, 1.54) is 31.2 Å². The van der Waals surface area contributed by atoms with Gasteiger partial charge in [-0.25, -0.2) is 0 Å². The predicted octanol–water partition coefficient (Wildman–Crippen LogP) is 2.86. The molecule has 0 spiro atoms. The summed E-state index contributed by atoms with van der Waals surface area (Å²) >= 11 is 0. The molecule has 0 unspecified atom stereocenters. The van der Waals surface area contributed by atoms with Crippen molar-refractivity contribution in [3.05, 3.63) is 35.4 Å². The lowest BCUT2D eigenvalue weighted by Gasteiger charge is -2.42. The van der Waals surface area contributed by atoms with Crippen molar-refractivity contribution in [1.29, 1.82) is 5.26 Å². The average molecular weight is 381 g/mol.